The van der Waals surface area contributed by atoms with Crippen LogP contribution >= 0.6 is 0 Å². The zero-order valence-corrected chi connectivity index (χ0v) is 15.9. The van der Waals surface area contributed by atoms with Crippen molar-refractivity contribution in [1.82, 2.24) is 15.3 Å². The highest BCUT2D eigenvalue weighted by Gasteiger charge is 2.11. The van der Waals surface area contributed by atoms with Gasteiger partial charge in [0.1, 0.15) is 5.82 Å². The normalized spacial score (nSPS) is 10.7. The van der Waals surface area contributed by atoms with Gasteiger partial charge in [-0.15, -0.1) is 0 Å². The lowest BCUT2D eigenvalue weighted by molar-refractivity contribution is 0.0951. The number of hydrogen-bond acceptors (Lipinski definition) is 4. The minimum Gasteiger partial charge on any atom is -0.348 e. The van der Waals surface area contributed by atoms with Gasteiger partial charge in [0, 0.05) is 36.4 Å². The van der Waals surface area contributed by atoms with E-state index in [0.717, 1.165) is 16.8 Å². The summed E-state index contributed by atoms with van der Waals surface area (Å²) in [5, 5.41) is 6.32. The second kappa shape index (κ2) is 8.45. The number of carbonyl (C=O) groups is 1. The number of nitrogens with one attached hydrogen (secondary N) is 2. The molecule has 3 rings (SSSR count). The lowest BCUT2D eigenvalue weighted by Gasteiger charge is -2.17. The van der Waals surface area contributed by atoms with Crippen LogP contribution in [-0.4, -0.2) is 15.9 Å². The molecule has 5 heteroatoms. The van der Waals surface area contributed by atoms with Crippen LogP contribution in [0.5, 0.6) is 0 Å². The topological polar surface area (TPSA) is 66.9 Å². The summed E-state index contributed by atoms with van der Waals surface area (Å²) in [7, 11) is 0. The van der Waals surface area contributed by atoms with Crippen LogP contribution in [0.1, 0.15) is 46.8 Å². The summed E-state index contributed by atoms with van der Waals surface area (Å²) in [4.78, 5) is 20.8. The summed E-state index contributed by atoms with van der Waals surface area (Å²) >= 11 is 0. The van der Waals surface area contributed by atoms with E-state index >= 15 is 0 Å². The molecule has 0 saturated carbocycles. The average Bonchev–Trinajstić information content (AvgIpc) is 2.68. The number of aromatic nitrogens is 2. The van der Waals surface area contributed by atoms with Gasteiger partial charge in [-0.2, -0.15) is 0 Å². The number of pyridine rings is 2. The number of carbonyl (C=O) groups excluding carboxylic acids is 1. The second-order valence-corrected chi connectivity index (χ2v) is 6.79. The fourth-order valence-electron chi connectivity index (χ4n) is 2.90. The van der Waals surface area contributed by atoms with Crippen LogP contribution in [0, 0.1) is 6.92 Å². The molecule has 0 aliphatic rings. The van der Waals surface area contributed by atoms with Crippen LogP contribution in [0.2, 0.25) is 0 Å². The Labute approximate surface area is 159 Å². The third-order valence-corrected chi connectivity index (χ3v) is 4.40. The van der Waals surface area contributed by atoms with Crippen LogP contribution in [0.4, 0.5) is 11.5 Å². The van der Waals surface area contributed by atoms with Crippen LogP contribution in [0.3, 0.4) is 0 Å². The van der Waals surface area contributed by atoms with Crippen molar-refractivity contribution >= 4 is 17.4 Å². The van der Waals surface area contributed by atoms with E-state index in [1.807, 2.05) is 12.1 Å². The molecule has 3 aromatic rings. The van der Waals surface area contributed by atoms with Crippen molar-refractivity contribution in [2.45, 2.75) is 33.2 Å². The quantitative estimate of drug-likeness (QED) is 0.675. The molecule has 2 heterocycles. The van der Waals surface area contributed by atoms with Crippen LogP contribution in [0.25, 0.3) is 0 Å². The fourth-order valence-corrected chi connectivity index (χ4v) is 2.90. The highest BCUT2D eigenvalue weighted by atomic mass is 16.1. The van der Waals surface area contributed by atoms with Gasteiger partial charge in [-0.25, -0.2) is 4.98 Å². The molecule has 138 valence electrons. The van der Waals surface area contributed by atoms with Gasteiger partial charge in [0.2, 0.25) is 0 Å². The number of rotatable bonds is 6. The van der Waals surface area contributed by atoms with Crippen molar-refractivity contribution in [2.75, 3.05) is 5.32 Å². The van der Waals surface area contributed by atoms with Gasteiger partial charge in [0.25, 0.3) is 5.91 Å². The van der Waals surface area contributed by atoms with Crippen molar-refractivity contribution in [3.63, 3.8) is 0 Å². The molecule has 1 amide bonds. The number of nitrogens with zero attached hydrogens (tertiary/aromatic N) is 2. The van der Waals surface area contributed by atoms with Crippen molar-refractivity contribution in [3.8, 4) is 0 Å². The van der Waals surface area contributed by atoms with Crippen LogP contribution in [0.15, 0.2) is 61.1 Å². The molecule has 0 fully saturated rings. The molecule has 0 bridgehead atoms. The highest BCUT2D eigenvalue weighted by molar-refractivity contribution is 5.94. The highest BCUT2D eigenvalue weighted by Crippen LogP contribution is 2.29. The van der Waals surface area contributed by atoms with Gasteiger partial charge >= 0.3 is 0 Å². The van der Waals surface area contributed by atoms with Gasteiger partial charge in [-0.3, -0.25) is 9.78 Å². The number of hydrogen-bond donors (Lipinski definition) is 2. The molecular weight excluding hydrogens is 336 g/mol. The third-order valence-electron chi connectivity index (χ3n) is 4.40. The van der Waals surface area contributed by atoms with Crippen molar-refractivity contribution in [2.24, 2.45) is 0 Å². The zero-order chi connectivity index (χ0) is 19.2. The van der Waals surface area contributed by atoms with Gasteiger partial charge in [-0.1, -0.05) is 32.0 Å². The van der Waals surface area contributed by atoms with Crippen molar-refractivity contribution < 1.29 is 4.79 Å². The first-order valence-corrected chi connectivity index (χ1v) is 9.04. The van der Waals surface area contributed by atoms with Gasteiger partial charge in [0.05, 0.1) is 0 Å². The summed E-state index contributed by atoms with van der Waals surface area (Å²) in [6, 6.07) is 13.5. The number of amides is 1. The molecular formula is C22H24N4O. The lowest BCUT2D eigenvalue weighted by atomic mass is 9.98. The zero-order valence-electron chi connectivity index (χ0n) is 15.9. The largest absolute Gasteiger partial charge is 0.348 e. The van der Waals surface area contributed by atoms with Crippen LogP contribution < -0.4 is 10.6 Å². The Morgan fingerprint density at radius 1 is 1.07 bits per heavy atom. The number of para-hydroxylation sites is 1. The first kappa shape index (κ1) is 18.6. The van der Waals surface area contributed by atoms with E-state index in [4.69, 9.17) is 0 Å². The molecule has 2 N–H and O–H groups in total. The monoisotopic (exact) mass is 360 g/mol. The SMILES string of the molecule is Cc1cccc(C(C)C)c1Nc1cc(C(=O)NCc2ccncc2)ccn1. The lowest BCUT2D eigenvalue weighted by Crippen LogP contribution is -2.22. The summed E-state index contributed by atoms with van der Waals surface area (Å²) in [6.45, 7) is 6.86. The molecule has 0 unspecified atom stereocenters. The predicted octanol–water partition coefficient (Wildman–Crippen LogP) is 4.58. The summed E-state index contributed by atoms with van der Waals surface area (Å²) in [6.07, 6.45) is 5.08. The van der Waals surface area contributed by atoms with Crippen molar-refractivity contribution in [1.29, 1.82) is 0 Å². The third kappa shape index (κ3) is 4.70. The first-order valence-electron chi connectivity index (χ1n) is 9.04. The molecule has 0 aliphatic carbocycles. The van der Waals surface area contributed by atoms with Crippen molar-refractivity contribution in [3.05, 3.63) is 83.3 Å². The Balaban J connectivity index is 1.75. The molecule has 5 nitrogen and oxygen atoms in total. The maximum absolute atomic E-state index is 12.5. The number of benzene rings is 1. The van der Waals surface area contributed by atoms with E-state index in [1.54, 1.807) is 30.7 Å². The molecule has 0 aliphatic heterocycles. The number of aryl methyl sites for hydroxylation is 1. The Kier molecular flexibility index (Phi) is 5.81. The summed E-state index contributed by atoms with van der Waals surface area (Å²) in [5.41, 5.74) is 5.00. The Morgan fingerprint density at radius 2 is 1.85 bits per heavy atom. The smallest absolute Gasteiger partial charge is 0.251 e. The molecule has 27 heavy (non-hydrogen) atoms. The maximum Gasteiger partial charge on any atom is 0.251 e. The second-order valence-electron chi connectivity index (χ2n) is 6.79. The van der Waals surface area contributed by atoms with Gasteiger partial charge in [0.15, 0.2) is 0 Å². The maximum atomic E-state index is 12.5. The summed E-state index contributed by atoms with van der Waals surface area (Å²) in [5.74, 6) is 0.910. The predicted molar refractivity (Wildman–Crippen MR) is 108 cm³/mol. The van der Waals surface area contributed by atoms with E-state index in [9.17, 15) is 4.79 Å². The Morgan fingerprint density at radius 3 is 2.59 bits per heavy atom. The first-order chi connectivity index (χ1) is 13.0. The van der Waals surface area contributed by atoms with E-state index in [0.29, 0.717) is 23.8 Å². The standard InChI is InChI=1S/C22H24N4O/c1-15(2)19-6-4-5-16(3)21(19)26-20-13-18(9-12-24-20)22(27)25-14-17-7-10-23-11-8-17/h4-13,15H,14H2,1-3H3,(H,24,26)(H,25,27). The molecule has 0 radical (unpaired) electrons. The van der Waals surface area contributed by atoms with E-state index in [2.05, 4.69) is 59.6 Å². The molecule has 0 atom stereocenters. The fraction of sp³-hybridized carbons (Fsp3) is 0.227. The van der Waals surface area contributed by atoms with E-state index in [1.165, 1.54) is 5.56 Å². The van der Waals surface area contributed by atoms with E-state index in [-0.39, 0.29) is 5.91 Å². The minimum atomic E-state index is -0.133. The molecule has 2 aromatic heterocycles. The molecule has 0 saturated heterocycles. The average molecular weight is 360 g/mol. The van der Waals surface area contributed by atoms with Crippen LogP contribution in [-0.2, 0) is 6.54 Å². The number of anilines is 2. The van der Waals surface area contributed by atoms with Gasteiger partial charge < -0.3 is 10.6 Å². The summed E-state index contributed by atoms with van der Waals surface area (Å²) < 4.78 is 0. The Hall–Kier alpha value is -3.21. The van der Waals surface area contributed by atoms with E-state index < -0.39 is 0 Å². The molecule has 0 spiro atoms. The Bertz CT molecular complexity index is 923. The van der Waals surface area contributed by atoms with Gasteiger partial charge in [-0.05, 0) is 53.8 Å². The molecule has 1 aromatic carbocycles. The minimum absolute atomic E-state index is 0.133.